The summed E-state index contributed by atoms with van der Waals surface area (Å²) >= 11 is 0. The summed E-state index contributed by atoms with van der Waals surface area (Å²) in [5.74, 6) is -0.587. The molecule has 0 aromatic heterocycles. The lowest BCUT2D eigenvalue weighted by atomic mass is 9.73. The van der Waals surface area contributed by atoms with Crippen molar-refractivity contribution in [1.29, 1.82) is 0 Å². The monoisotopic (exact) mass is 267 g/mol. The predicted octanol–water partition coefficient (Wildman–Crippen LogP) is 2.21. The van der Waals surface area contributed by atoms with E-state index in [-0.39, 0.29) is 35.4 Å². The Balaban J connectivity index is 2.96. The van der Waals surface area contributed by atoms with Crippen molar-refractivity contribution >= 4 is 17.5 Å². The van der Waals surface area contributed by atoms with Gasteiger partial charge in [0.25, 0.3) is 0 Å². The summed E-state index contributed by atoms with van der Waals surface area (Å²) in [7, 11) is 2.90. The highest BCUT2D eigenvalue weighted by Gasteiger charge is 2.35. The number of aliphatic hydroxyl groups excluding tert-OH is 1. The number of Topliss-reactive ketones (excluding diaryl/α,β-unsaturated/α-hetero) is 1. The maximum Gasteiger partial charge on any atom is 0.305 e. The predicted molar refractivity (Wildman–Crippen MR) is 72.3 cm³/mol. The lowest BCUT2D eigenvalue weighted by Gasteiger charge is -2.31. The molecule has 0 amide bonds. The summed E-state index contributed by atoms with van der Waals surface area (Å²) in [6.07, 6.45) is 1.18. The maximum absolute atomic E-state index is 12.1. The van der Waals surface area contributed by atoms with E-state index in [9.17, 15) is 14.7 Å². The smallest absolute Gasteiger partial charge is 0.305 e. The molecule has 0 unspecified atom stereocenters. The Morgan fingerprint density at radius 3 is 2.53 bits per heavy atom. The molecule has 0 spiro atoms. The third-order valence-electron chi connectivity index (χ3n) is 3.20. The Hall–Kier alpha value is -1.65. The summed E-state index contributed by atoms with van der Waals surface area (Å²) < 4.78 is 4.51. The molecule has 0 bridgehead atoms. The van der Waals surface area contributed by atoms with E-state index in [1.165, 1.54) is 7.11 Å². The summed E-state index contributed by atoms with van der Waals surface area (Å²) in [6, 6.07) is 0. The zero-order valence-electron chi connectivity index (χ0n) is 11.9. The van der Waals surface area contributed by atoms with Gasteiger partial charge in [0.15, 0.2) is 5.78 Å². The number of aliphatic hydroxyl groups is 1. The molecule has 0 aliphatic heterocycles. The second-order valence-electron chi connectivity index (χ2n) is 5.51. The minimum Gasteiger partial charge on any atom is -0.511 e. The molecular formula is C14H21NO4. The first kappa shape index (κ1) is 15.4. The number of nitrogens with zero attached hydrogens (tertiary/aromatic N) is 1. The Bertz CT molecular complexity index is 446. The van der Waals surface area contributed by atoms with Gasteiger partial charge in [-0.2, -0.15) is 0 Å². The number of ether oxygens (including phenoxy) is 1. The van der Waals surface area contributed by atoms with Crippen LogP contribution in [0, 0.1) is 5.41 Å². The van der Waals surface area contributed by atoms with E-state index < -0.39 is 5.97 Å². The number of carbonyl (C=O) groups excluding carboxylic acids is 2. The van der Waals surface area contributed by atoms with Gasteiger partial charge in [0.2, 0.25) is 0 Å². The molecule has 0 radical (unpaired) electrons. The second kappa shape index (κ2) is 5.99. The Kier molecular flexibility index (Phi) is 4.86. The molecule has 1 aliphatic carbocycles. The van der Waals surface area contributed by atoms with Crippen LogP contribution < -0.4 is 0 Å². The van der Waals surface area contributed by atoms with Crippen molar-refractivity contribution in [3.05, 3.63) is 11.3 Å². The van der Waals surface area contributed by atoms with Gasteiger partial charge in [-0.05, 0) is 11.8 Å². The molecule has 1 fully saturated rings. The van der Waals surface area contributed by atoms with Crippen molar-refractivity contribution in [2.24, 2.45) is 10.4 Å². The van der Waals surface area contributed by atoms with Crippen molar-refractivity contribution < 1.29 is 19.4 Å². The summed E-state index contributed by atoms with van der Waals surface area (Å²) in [5, 5.41) is 10.0. The van der Waals surface area contributed by atoms with Crippen LogP contribution in [0.4, 0.5) is 0 Å². The molecule has 0 saturated heterocycles. The molecule has 0 heterocycles. The number of hydrogen-bond donors (Lipinski definition) is 1. The van der Waals surface area contributed by atoms with Gasteiger partial charge in [0.1, 0.15) is 5.76 Å². The fourth-order valence-electron chi connectivity index (χ4n) is 2.25. The number of rotatable bonds is 3. The van der Waals surface area contributed by atoms with Gasteiger partial charge in [0, 0.05) is 25.6 Å². The van der Waals surface area contributed by atoms with Crippen molar-refractivity contribution in [3.8, 4) is 0 Å². The number of ketones is 1. The van der Waals surface area contributed by atoms with Crippen molar-refractivity contribution in [2.75, 3.05) is 14.2 Å². The van der Waals surface area contributed by atoms with Crippen LogP contribution >= 0.6 is 0 Å². The molecular weight excluding hydrogens is 246 g/mol. The summed E-state index contributed by atoms with van der Waals surface area (Å²) in [4.78, 5) is 27.3. The Morgan fingerprint density at radius 2 is 2.00 bits per heavy atom. The number of hydrogen-bond acceptors (Lipinski definition) is 5. The van der Waals surface area contributed by atoms with Gasteiger partial charge in [-0.25, -0.2) is 0 Å². The minimum atomic E-state index is -0.411. The Morgan fingerprint density at radius 1 is 1.37 bits per heavy atom. The maximum atomic E-state index is 12.1. The zero-order chi connectivity index (χ0) is 14.6. The molecule has 1 rings (SSSR count). The molecule has 0 aromatic rings. The largest absolute Gasteiger partial charge is 0.511 e. The van der Waals surface area contributed by atoms with Gasteiger partial charge < -0.3 is 9.84 Å². The molecule has 1 aliphatic rings. The molecule has 19 heavy (non-hydrogen) atoms. The average molecular weight is 267 g/mol. The van der Waals surface area contributed by atoms with Crippen LogP contribution in [0.25, 0.3) is 0 Å². The van der Waals surface area contributed by atoms with Crippen LogP contribution in [-0.2, 0) is 14.3 Å². The Labute approximate surface area is 113 Å². The van der Waals surface area contributed by atoms with E-state index in [2.05, 4.69) is 9.73 Å². The molecule has 1 N–H and O–H groups in total. The molecule has 1 saturated carbocycles. The second-order valence-corrected chi connectivity index (χ2v) is 5.51. The standard InChI is InChI=1S/C14H21NO4/c1-14(2)7-9(15-3)13(11(17)8-14)10(16)5-6-12(18)19-4/h16H,5-8H2,1-4H3/b13-10+,15-9?. The third-order valence-corrected chi connectivity index (χ3v) is 3.20. The first-order valence-electron chi connectivity index (χ1n) is 6.29. The van der Waals surface area contributed by atoms with Crippen LogP contribution in [0.15, 0.2) is 16.3 Å². The third kappa shape index (κ3) is 3.91. The van der Waals surface area contributed by atoms with Crippen LogP contribution in [0.3, 0.4) is 0 Å². The topological polar surface area (TPSA) is 76.0 Å². The van der Waals surface area contributed by atoms with Crippen molar-refractivity contribution in [3.63, 3.8) is 0 Å². The van der Waals surface area contributed by atoms with Gasteiger partial charge in [-0.1, -0.05) is 13.8 Å². The molecule has 5 heteroatoms. The first-order valence-corrected chi connectivity index (χ1v) is 6.29. The van der Waals surface area contributed by atoms with Crippen LogP contribution in [-0.4, -0.2) is 36.7 Å². The van der Waals surface area contributed by atoms with Gasteiger partial charge in [-0.15, -0.1) is 0 Å². The van der Waals surface area contributed by atoms with E-state index in [0.29, 0.717) is 18.6 Å². The molecule has 5 nitrogen and oxygen atoms in total. The lowest BCUT2D eigenvalue weighted by molar-refractivity contribution is -0.140. The van der Waals surface area contributed by atoms with E-state index in [1.807, 2.05) is 13.8 Å². The minimum absolute atomic E-state index is 0.0551. The summed E-state index contributed by atoms with van der Waals surface area (Å²) in [6.45, 7) is 4.00. The highest BCUT2D eigenvalue weighted by molar-refractivity contribution is 6.24. The van der Waals surface area contributed by atoms with Crippen LogP contribution in [0.2, 0.25) is 0 Å². The molecule has 106 valence electrons. The number of carbonyl (C=O) groups is 2. The highest BCUT2D eigenvalue weighted by Crippen LogP contribution is 2.35. The molecule has 0 aromatic carbocycles. The normalized spacial score (nSPS) is 23.4. The average Bonchev–Trinajstić information content (AvgIpc) is 2.33. The van der Waals surface area contributed by atoms with Gasteiger partial charge in [-0.3, -0.25) is 14.6 Å². The van der Waals surface area contributed by atoms with E-state index >= 15 is 0 Å². The van der Waals surface area contributed by atoms with E-state index in [1.54, 1.807) is 7.05 Å². The quantitative estimate of drug-likeness (QED) is 0.483. The van der Waals surface area contributed by atoms with Crippen LogP contribution in [0.1, 0.15) is 39.5 Å². The zero-order valence-corrected chi connectivity index (χ0v) is 11.9. The van der Waals surface area contributed by atoms with Gasteiger partial charge >= 0.3 is 5.97 Å². The van der Waals surface area contributed by atoms with Crippen molar-refractivity contribution in [1.82, 2.24) is 0 Å². The SMILES string of the molecule is CN=C1CC(C)(C)CC(=O)/C1=C(/O)CCC(=O)OC. The highest BCUT2D eigenvalue weighted by atomic mass is 16.5. The van der Waals surface area contributed by atoms with Crippen molar-refractivity contribution in [2.45, 2.75) is 39.5 Å². The number of methoxy groups -OCH3 is 1. The lowest BCUT2D eigenvalue weighted by Crippen LogP contribution is -2.32. The fourth-order valence-corrected chi connectivity index (χ4v) is 2.25. The van der Waals surface area contributed by atoms with Crippen LogP contribution in [0.5, 0.6) is 0 Å². The fraction of sp³-hybridized carbons (Fsp3) is 0.643. The van der Waals surface area contributed by atoms with Gasteiger partial charge in [0.05, 0.1) is 19.1 Å². The number of esters is 1. The van der Waals surface area contributed by atoms with E-state index in [0.717, 1.165) is 0 Å². The number of aliphatic imine (C=N–C) groups is 1. The molecule has 0 atom stereocenters. The van der Waals surface area contributed by atoms with E-state index in [4.69, 9.17) is 0 Å². The first-order chi connectivity index (χ1) is 8.80. The summed E-state index contributed by atoms with van der Waals surface area (Å²) in [5.41, 5.74) is 0.757. The number of allylic oxidation sites excluding steroid dienone is 2.